The van der Waals surface area contributed by atoms with Crippen molar-refractivity contribution in [2.45, 2.75) is 50.1 Å². The number of nitrogens with zero attached hydrogens (tertiary/aromatic N) is 2. The van der Waals surface area contributed by atoms with Gasteiger partial charge in [-0.2, -0.15) is 0 Å². The summed E-state index contributed by atoms with van der Waals surface area (Å²) < 4.78 is 0. The van der Waals surface area contributed by atoms with E-state index in [1.807, 2.05) is 18.7 Å². The molecule has 1 aliphatic rings. The molecule has 2 N–H and O–H groups in total. The molecule has 90 valence electrons. The van der Waals surface area contributed by atoms with Crippen LogP contribution in [0.5, 0.6) is 0 Å². The molecule has 1 heterocycles. The van der Waals surface area contributed by atoms with Gasteiger partial charge < -0.3 is 5.32 Å². The van der Waals surface area contributed by atoms with Crippen LogP contribution in [-0.2, 0) is 0 Å². The molecule has 1 aromatic rings. The van der Waals surface area contributed by atoms with Gasteiger partial charge in [0.2, 0.25) is 5.16 Å². The Morgan fingerprint density at radius 3 is 2.94 bits per heavy atom. The monoisotopic (exact) mass is 240 g/mol. The van der Waals surface area contributed by atoms with Crippen molar-refractivity contribution in [3.05, 3.63) is 5.82 Å². The molecule has 0 aromatic carbocycles. The number of H-pyrrole nitrogens is 1. The van der Waals surface area contributed by atoms with E-state index in [9.17, 15) is 0 Å². The van der Waals surface area contributed by atoms with Gasteiger partial charge in [0.25, 0.3) is 0 Å². The van der Waals surface area contributed by atoms with E-state index in [4.69, 9.17) is 0 Å². The van der Waals surface area contributed by atoms with Crippen LogP contribution in [0, 0.1) is 12.8 Å². The van der Waals surface area contributed by atoms with Gasteiger partial charge in [-0.25, -0.2) is 4.98 Å². The van der Waals surface area contributed by atoms with E-state index in [0.717, 1.165) is 17.5 Å². The molecule has 0 amide bonds. The molecule has 0 bridgehead atoms. The minimum atomic E-state index is 0.652. The van der Waals surface area contributed by atoms with Crippen LogP contribution in [0.25, 0.3) is 0 Å². The molecule has 2 rings (SSSR count). The Morgan fingerprint density at radius 1 is 1.50 bits per heavy atom. The molecule has 1 saturated carbocycles. The first-order chi connectivity index (χ1) is 7.70. The van der Waals surface area contributed by atoms with E-state index in [1.165, 1.54) is 12.8 Å². The third kappa shape index (κ3) is 2.58. The highest BCUT2D eigenvalue weighted by Gasteiger charge is 2.33. The summed E-state index contributed by atoms with van der Waals surface area (Å²) in [5.74, 6) is 1.60. The molecule has 16 heavy (non-hydrogen) atoms. The molecule has 0 radical (unpaired) electrons. The molecule has 0 saturated heterocycles. The van der Waals surface area contributed by atoms with Crippen molar-refractivity contribution in [1.29, 1.82) is 0 Å². The van der Waals surface area contributed by atoms with Gasteiger partial charge >= 0.3 is 0 Å². The van der Waals surface area contributed by atoms with Crippen LogP contribution in [0.2, 0.25) is 0 Å². The zero-order valence-corrected chi connectivity index (χ0v) is 11.0. The Labute approximate surface area is 101 Å². The lowest BCUT2D eigenvalue weighted by Crippen LogP contribution is -2.33. The average Bonchev–Trinajstić information content (AvgIpc) is 2.80. The van der Waals surface area contributed by atoms with Crippen molar-refractivity contribution in [1.82, 2.24) is 20.5 Å². The van der Waals surface area contributed by atoms with Crippen LogP contribution in [0.15, 0.2) is 5.16 Å². The first-order valence-corrected chi connectivity index (χ1v) is 6.87. The second kappa shape index (κ2) is 5.19. The third-order valence-electron chi connectivity index (χ3n) is 3.28. The van der Waals surface area contributed by atoms with Crippen molar-refractivity contribution in [2.75, 3.05) is 6.54 Å². The van der Waals surface area contributed by atoms with E-state index >= 15 is 0 Å². The quantitative estimate of drug-likeness (QED) is 0.845. The third-order valence-corrected chi connectivity index (χ3v) is 4.64. The lowest BCUT2D eigenvalue weighted by atomic mass is 10.1. The van der Waals surface area contributed by atoms with Crippen molar-refractivity contribution in [3.8, 4) is 0 Å². The maximum Gasteiger partial charge on any atom is 0.208 e. The van der Waals surface area contributed by atoms with Crippen LogP contribution in [-0.4, -0.2) is 33.0 Å². The van der Waals surface area contributed by atoms with Crippen molar-refractivity contribution >= 4 is 11.8 Å². The Bertz CT molecular complexity index is 338. The second-order valence-corrected chi connectivity index (χ2v) is 5.67. The smallest absolute Gasteiger partial charge is 0.208 e. The highest BCUT2D eigenvalue weighted by molar-refractivity contribution is 7.99. The number of aromatic nitrogens is 3. The van der Waals surface area contributed by atoms with Gasteiger partial charge in [-0.3, -0.25) is 5.10 Å². The highest BCUT2D eigenvalue weighted by Crippen LogP contribution is 2.37. The number of rotatable bonds is 4. The fourth-order valence-electron chi connectivity index (χ4n) is 2.36. The minimum Gasteiger partial charge on any atom is -0.314 e. The standard InChI is InChI=1S/C11H20N4S/c1-4-12-9-5-6-10(7(9)2)16-11-13-8(3)14-15-11/h7,9-10,12H,4-6H2,1-3H3,(H,13,14,15). The average molecular weight is 240 g/mol. The van der Waals surface area contributed by atoms with Crippen LogP contribution < -0.4 is 5.32 Å². The molecule has 0 spiro atoms. The number of hydrogen-bond acceptors (Lipinski definition) is 4. The highest BCUT2D eigenvalue weighted by atomic mass is 32.2. The Balaban J connectivity index is 1.92. The Kier molecular flexibility index (Phi) is 3.86. The molecular formula is C11H20N4S. The van der Waals surface area contributed by atoms with Gasteiger partial charge in [0.15, 0.2) is 0 Å². The molecule has 1 aromatic heterocycles. The van der Waals surface area contributed by atoms with Crippen molar-refractivity contribution in [3.63, 3.8) is 0 Å². The predicted molar refractivity (Wildman–Crippen MR) is 66.6 cm³/mol. The summed E-state index contributed by atoms with van der Waals surface area (Å²) in [6.45, 7) is 7.51. The zero-order chi connectivity index (χ0) is 11.5. The summed E-state index contributed by atoms with van der Waals surface area (Å²) >= 11 is 1.82. The van der Waals surface area contributed by atoms with Gasteiger partial charge in [0.1, 0.15) is 5.82 Å². The second-order valence-electron chi connectivity index (χ2n) is 4.46. The lowest BCUT2D eigenvalue weighted by Gasteiger charge is -2.19. The number of hydrogen-bond donors (Lipinski definition) is 2. The Morgan fingerprint density at radius 2 is 2.31 bits per heavy atom. The molecule has 3 atom stereocenters. The topological polar surface area (TPSA) is 53.6 Å². The maximum atomic E-state index is 4.36. The van der Waals surface area contributed by atoms with Gasteiger partial charge in [-0.05, 0) is 32.2 Å². The summed E-state index contributed by atoms with van der Waals surface area (Å²) in [4.78, 5) is 4.36. The molecular weight excluding hydrogens is 220 g/mol. The van der Waals surface area contributed by atoms with E-state index in [0.29, 0.717) is 17.2 Å². The number of nitrogens with one attached hydrogen (secondary N) is 2. The van der Waals surface area contributed by atoms with E-state index in [1.54, 1.807) is 0 Å². The SMILES string of the molecule is CCNC1CCC(Sc2n[nH]c(C)n2)C1C. The number of aromatic amines is 1. The van der Waals surface area contributed by atoms with Crippen LogP contribution in [0.4, 0.5) is 0 Å². The molecule has 5 heteroatoms. The molecule has 1 fully saturated rings. The van der Waals surface area contributed by atoms with Gasteiger partial charge in [0.05, 0.1) is 0 Å². The van der Waals surface area contributed by atoms with E-state index in [-0.39, 0.29) is 0 Å². The summed E-state index contributed by atoms with van der Waals surface area (Å²) in [6.07, 6.45) is 2.53. The van der Waals surface area contributed by atoms with Gasteiger partial charge in [-0.15, -0.1) is 5.10 Å². The maximum absolute atomic E-state index is 4.36. The van der Waals surface area contributed by atoms with E-state index < -0.39 is 0 Å². The zero-order valence-electron chi connectivity index (χ0n) is 10.2. The minimum absolute atomic E-state index is 0.652. The van der Waals surface area contributed by atoms with Crippen molar-refractivity contribution < 1.29 is 0 Å². The van der Waals surface area contributed by atoms with Crippen LogP contribution in [0.1, 0.15) is 32.5 Å². The van der Waals surface area contributed by atoms with Crippen LogP contribution >= 0.6 is 11.8 Å². The van der Waals surface area contributed by atoms with E-state index in [2.05, 4.69) is 34.3 Å². The number of aryl methyl sites for hydroxylation is 1. The molecule has 4 nitrogen and oxygen atoms in total. The summed E-state index contributed by atoms with van der Waals surface area (Å²) in [6, 6.07) is 0.669. The summed E-state index contributed by atoms with van der Waals surface area (Å²) in [5, 5.41) is 12.2. The van der Waals surface area contributed by atoms with Crippen LogP contribution in [0.3, 0.4) is 0 Å². The Hall–Kier alpha value is -0.550. The van der Waals surface area contributed by atoms with Crippen molar-refractivity contribution in [2.24, 2.45) is 5.92 Å². The first kappa shape index (κ1) is 11.9. The van der Waals surface area contributed by atoms with Gasteiger partial charge in [-0.1, -0.05) is 25.6 Å². The summed E-state index contributed by atoms with van der Waals surface area (Å²) in [5.41, 5.74) is 0. The predicted octanol–water partition coefficient (Wildman–Crippen LogP) is 1.98. The first-order valence-electron chi connectivity index (χ1n) is 5.99. The molecule has 0 aliphatic heterocycles. The van der Waals surface area contributed by atoms with Gasteiger partial charge in [0, 0.05) is 11.3 Å². The lowest BCUT2D eigenvalue weighted by molar-refractivity contribution is 0.441. The normalized spacial score (nSPS) is 29.8. The molecule has 3 unspecified atom stereocenters. The molecule has 1 aliphatic carbocycles. The largest absolute Gasteiger partial charge is 0.314 e. The number of thioether (sulfide) groups is 1. The fraction of sp³-hybridized carbons (Fsp3) is 0.818. The summed E-state index contributed by atoms with van der Waals surface area (Å²) in [7, 11) is 0. The fourth-order valence-corrected chi connectivity index (χ4v) is 3.57.